The number of halogens is 2. The predicted octanol–water partition coefficient (Wildman–Crippen LogP) is 3.98. The number of guanidine groups is 1. The standard InChI is InChI=1S/C20H24FN5S.HI/c1-22-20(25(2)13-11-19-4-3-15-27-19)23-12-9-17-10-14-26(24-17)18-7-5-16(21)6-8-18;/h3-8,10,14-15H,9,11-13H2,1-2H3,(H,22,23);1H. The molecule has 3 rings (SSSR count). The molecule has 0 aliphatic rings. The maximum absolute atomic E-state index is 13.0. The molecule has 8 heteroatoms. The van der Waals surface area contributed by atoms with Gasteiger partial charge < -0.3 is 10.2 Å². The summed E-state index contributed by atoms with van der Waals surface area (Å²) in [6, 6.07) is 12.5. The minimum atomic E-state index is -0.245. The molecule has 0 aliphatic heterocycles. The van der Waals surface area contributed by atoms with Gasteiger partial charge in [-0.2, -0.15) is 5.10 Å². The number of thiophene rings is 1. The summed E-state index contributed by atoms with van der Waals surface area (Å²) in [5, 5.41) is 10.0. The molecule has 150 valence electrons. The van der Waals surface area contributed by atoms with E-state index in [1.54, 1.807) is 35.2 Å². The maximum Gasteiger partial charge on any atom is 0.193 e. The first-order valence-electron chi connectivity index (χ1n) is 8.90. The Hall–Kier alpha value is -1.94. The van der Waals surface area contributed by atoms with Crippen molar-refractivity contribution in [1.29, 1.82) is 0 Å². The molecular weight excluding hydrogens is 488 g/mol. The van der Waals surface area contributed by atoms with Crippen molar-refractivity contribution in [3.8, 4) is 5.69 Å². The number of hydrogen-bond donors (Lipinski definition) is 1. The van der Waals surface area contributed by atoms with Crippen LogP contribution in [0.15, 0.2) is 59.0 Å². The Morgan fingerprint density at radius 3 is 2.68 bits per heavy atom. The topological polar surface area (TPSA) is 45.5 Å². The summed E-state index contributed by atoms with van der Waals surface area (Å²) in [5.41, 5.74) is 1.82. The van der Waals surface area contributed by atoms with E-state index in [2.05, 4.69) is 37.8 Å². The predicted molar refractivity (Wildman–Crippen MR) is 125 cm³/mol. The van der Waals surface area contributed by atoms with Crippen LogP contribution in [0.25, 0.3) is 5.69 Å². The Labute approximate surface area is 186 Å². The van der Waals surface area contributed by atoms with Crippen LogP contribution in [0.2, 0.25) is 0 Å². The first-order chi connectivity index (χ1) is 13.2. The fourth-order valence-electron chi connectivity index (χ4n) is 2.76. The third-order valence-electron chi connectivity index (χ3n) is 4.25. The van der Waals surface area contributed by atoms with Crippen molar-refractivity contribution in [2.24, 2.45) is 4.99 Å². The van der Waals surface area contributed by atoms with E-state index in [0.717, 1.165) is 43.3 Å². The van der Waals surface area contributed by atoms with E-state index in [4.69, 9.17) is 0 Å². The summed E-state index contributed by atoms with van der Waals surface area (Å²) >= 11 is 1.78. The molecule has 0 unspecified atom stereocenters. The van der Waals surface area contributed by atoms with Crippen LogP contribution < -0.4 is 5.32 Å². The molecule has 1 aromatic carbocycles. The zero-order valence-electron chi connectivity index (χ0n) is 16.0. The molecule has 0 saturated heterocycles. The van der Waals surface area contributed by atoms with Crippen LogP contribution in [0, 0.1) is 5.82 Å². The Kier molecular flexibility index (Phi) is 8.91. The molecule has 0 saturated carbocycles. The van der Waals surface area contributed by atoms with Gasteiger partial charge in [0, 0.05) is 44.7 Å². The van der Waals surface area contributed by atoms with Crippen LogP contribution in [-0.4, -0.2) is 47.8 Å². The van der Waals surface area contributed by atoms with E-state index in [1.165, 1.54) is 17.0 Å². The summed E-state index contributed by atoms with van der Waals surface area (Å²) in [6.45, 7) is 1.66. The highest BCUT2D eigenvalue weighted by atomic mass is 127. The lowest BCUT2D eigenvalue weighted by Gasteiger charge is -2.21. The van der Waals surface area contributed by atoms with Crippen molar-refractivity contribution in [2.45, 2.75) is 12.8 Å². The number of likely N-dealkylation sites (N-methyl/N-ethyl adjacent to an activating group) is 1. The number of nitrogens with one attached hydrogen (secondary N) is 1. The molecule has 0 aliphatic carbocycles. The average molecular weight is 513 g/mol. The number of hydrogen-bond acceptors (Lipinski definition) is 3. The molecule has 3 aromatic rings. The summed E-state index contributed by atoms with van der Waals surface area (Å²) in [5.74, 6) is 0.634. The summed E-state index contributed by atoms with van der Waals surface area (Å²) in [6.07, 6.45) is 3.69. The molecule has 0 bridgehead atoms. The largest absolute Gasteiger partial charge is 0.356 e. The minimum absolute atomic E-state index is 0. The molecule has 5 nitrogen and oxygen atoms in total. The Bertz CT molecular complexity index is 861. The number of rotatable bonds is 7. The minimum Gasteiger partial charge on any atom is -0.356 e. The maximum atomic E-state index is 13.0. The van der Waals surface area contributed by atoms with Crippen LogP contribution in [0.3, 0.4) is 0 Å². The fraction of sp³-hybridized carbons (Fsp3) is 0.300. The summed E-state index contributed by atoms with van der Waals surface area (Å²) in [4.78, 5) is 7.87. The lowest BCUT2D eigenvalue weighted by atomic mass is 10.3. The van der Waals surface area contributed by atoms with Crippen molar-refractivity contribution in [3.05, 3.63) is 70.4 Å². The van der Waals surface area contributed by atoms with Crippen LogP contribution in [0.5, 0.6) is 0 Å². The first kappa shape index (κ1) is 22.4. The lowest BCUT2D eigenvalue weighted by Crippen LogP contribution is -2.40. The van der Waals surface area contributed by atoms with Crippen molar-refractivity contribution < 1.29 is 4.39 Å². The van der Waals surface area contributed by atoms with Crippen molar-refractivity contribution in [3.63, 3.8) is 0 Å². The number of benzene rings is 1. The average Bonchev–Trinajstić information content (AvgIpc) is 3.36. The van der Waals surface area contributed by atoms with E-state index in [0.29, 0.717) is 0 Å². The second-order valence-corrected chi connectivity index (χ2v) is 7.24. The van der Waals surface area contributed by atoms with E-state index in [9.17, 15) is 4.39 Å². The zero-order chi connectivity index (χ0) is 19.1. The molecule has 0 spiro atoms. The highest BCUT2D eigenvalue weighted by Crippen LogP contribution is 2.10. The van der Waals surface area contributed by atoms with E-state index < -0.39 is 0 Å². The zero-order valence-corrected chi connectivity index (χ0v) is 19.2. The molecule has 0 atom stereocenters. The molecule has 0 fully saturated rings. The second-order valence-electron chi connectivity index (χ2n) is 6.20. The Balaban J connectivity index is 0.00000280. The number of aliphatic imine (C=N–C) groups is 1. The summed E-state index contributed by atoms with van der Waals surface area (Å²) < 4.78 is 14.8. The SMILES string of the molecule is CN=C(NCCc1ccn(-c2ccc(F)cc2)n1)N(C)CCc1cccs1.I. The number of aromatic nitrogens is 2. The molecule has 28 heavy (non-hydrogen) atoms. The van der Waals surface area contributed by atoms with Gasteiger partial charge in [0.1, 0.15) is 5.82 Å². The van der Waals surface area contributed by atoms with Crippen molar-refractivity contribution in [1.82, 2.24) is 20.0 Å². The van der Waals surface area contributed by atoms with Gasteiger partial charge in [-0.15, -0.1) is 35.3 Å². The molecular formula is C20H25FIN5S. The fourth-order valence-corrected chi connectivity index (χ4v) is 3.46. The van der Waals surface area contributed by atoms with E-state index in [1.807, 2.05) is 19.3 Å². The Morgan fingerprint density at radius 1 is 1.21 bits per heavy atom. The van der Waals surface area contributed by atoms with E-state index in [-0.39, 0.29) is 29.8 Å². The van der Waals surface area contributed by atoms with Gasteiger partial charge in [-0.1, -0.05) is 6.07 Å². The smallest absolute Gasteiger partial charge is 0.193 e. The second kappa shape index (κ2) is 11.2. The number of nitrogens with zero attached hydrogens (tertiary/aromatic N) is 4. The Morgan fingerprint density at radius 2 is 2.00 bits per heavy atom. The molecule has 2 heterocycles. The molecule has 0 amide bonds. The van der Waals surface area contributed by atoms with E-state index >= 15 is 0 Å². The molecule has 0 radical (unpaired) electrons. The highest BCUT2D eigenvalue weighted by Gasteiger charge is 2.07. The quantitative estimate of drug-likeness (QED) is 0.296. The van der Waals surface area contributed by atoms with Crippen LogP contribution in [-0.2, 0) is 12.8 Å². The van der Waals surface area contributed by atoms with Crippen molar-refractivity contribution >= 4 is 41.3 Å². The van der Waals surface area contributed by atoms with Gasteiger partial charge in [0.2, 0.25) is 0 Å². The lowest BCUT2D eigenvalue weighted by molar-refractivity contribution is 0.487. The third-order valence-corrected chi connectivity index (χ3v) is 5.18. The van der Waals surface area contributed by atoms with Gasteiger partial charge in [0.25, 0.3) is 0 Å². The van der Waals surface area contributed by atoms with Crippen LogP contribution in [0.1, 0.15) is 10.6 Å². The molecule has 1 N–H and O–H groups in total. The van der Waals surface area contributed by atoms with Gasteiger partial charge in [-0.05, 0) is 48.2 Å². The van der Waals surface area contributed by atoms with Gasteiger partial charge in [-0.25, -0.2) is 9.07 Å². The van der Waals surface area contributed by atoms with Gasteiger partial charge in [-0.3, -0.25) is 4.99 Å². The summed E-state index contributed by atoms with van der Waals surface area (Å²) in [7, 11) is 3.85. The van der Waals surface area contributed by atoms with Gasteiger partial charge in [0.15, 0.2) is 5.96 Å². The normalized spacial score (nSPS) is 11.2. The highest BCUT2D eigenvalue weighted by molar-refractivity contribution is 14.0. The van der Waals surface area contributed by atoms with Gasteiger partial charge >= 0.3 is 0 Å². The monoisotopic (exact) mass is 513 g/mol. The molecule has 2 aromatic heterocycles. The van der Waals surface area contributed by atoms with Gasteiger partial charge in [0.05, 0.1) is 11.4 Å². The van der Waals surface area contributed by atoms with Crippen LogP contribution in [0.4, 0.5) is 4.39 Å². The van der Waals surface area contributed by atoms with Crippen LogP contribution >= 0.6 is 35.3 Å². The third kappa shape index (κ3) is 6.30. The first-order valence-corrected chi connectivity index (χ1v) is 9.78. The van der Waals surface area contributed by atoms with Crippen molar-refractivity contribution in [2.75, 3.05) is 27.2 Å².